The highest BCUT2D eigenvalue weighted by Gasteiger charge is 2.30. The van der Waals surface area contributed by atoms with Crippen molar-refractivity contribution in [3.8, 4) is 0 Å². The standard InChI is InChI=1S/C22H36N6O3/c1-7-13-30-17(8-2)28-15-25-18-19(23-14-24-20(18)28)27-11-9-16(10-12-27)26(6)21(29)31-22(3,4)5/h14-17H,7-13H2,1-6H3. The zero-order chi connectivity index (χ0) is 22.6. The van der Waals surface area contributed by atoms with E-state index in [2.05, 4.69) is 33.7 Å². The number of ether oxygens (including phenoxy) is 2. The van der Waals surface area contributed by atoms with Crippen LogP contribution in [-0.4, -0.2) is 68.9 Å². The van der Waals surface area contributed by atoms with Crippen molar-refractivity contribution in [3.63, 3.8) is 0 Å². The van der Waals surface area contributed by atoms with Crippen LogP contribution in [0.5, 0.6) is 0 Å². The second-order valence-electron chi connectivity index (χ2n) is 9.06. The lowest BCUT2D eigenvalue weighted by molar-refractivity contribution is 0.00254. The third-order valence-electron chi connectivity index (χ3n) is 5.51. The molecule has 172 valence electrons. The van der Waals surface area contributed by atoms with Crippen LogP contribution in [0.25, 0.3) is 11.2 Å². The zero-order valence-electron chi connectivity index (χ0n) is 19.7. The Hall–Kier alpha value is -2.42. The minimum absolute atomic E-state index is 0.0825. The number of fused-ring (bicyclic) bond motifs is 1. The van der Waals surface area contributed by atoms with Gasteiger partial charge in [-0.1, -0.05) is 13.8 Å². The molecule has 0 saturated carbocycles. The Morgan fingerprint density at radius 3 is 2.55 bits per heavy atom. The molecule has 9 heteroatoms. The molecule has 0 aromatic carbocycles. The third-order valence-corrected chi connectivity index (χ3v) is 5.51. The summed E-state index contributed by atoms with van der Waals surface area (Å²) in [6.45, 7) is 12.1. The van der Waals surface area contributed by atoms with E-state index in [1.807, 2.05) is 32.4 Å². The van der Waals surface area contributed by atoms with Gasteiger partial charge in [0.25, 0.3) is 0 Å². The molecule has 1 saturated heterocycles. The van der Waals surface area contributed by atoms with Gasteiger partial charge in [-0.15, -0.1) is 0 Å². The van der Waals surface area contributed by atoms with Gasteiger partial charge in [0, 0.05) is 32.8 Å². The summed E-state index contributed by atoms with van der Waals surface area (Å²) in [6, 6.07) is 0.146. The van der Waals surface area contributed by atoms with Crippen molar-refractivity contribution in [2.45, 2.75) is 78.2 Å². The van der Waals surface area contributed by atoms with Gasteiger partial charge in [0.2, 0.25) is 0 Å². The first-order chi connectivity index (χ1) is 14.7. The van der Waals surface area contributed by atoms with Gasteiger partial charge >= 0.3 is 6.09 Å². The molecule has 0 bridgehead atoms. The van der Waals surface area contributed by atoms with Crippen molar-refractivity contribution in [2.24, 2.45) is 0 Å². The maximum Gasteiger partial charge on any atom is 0.410 e. The maximum atomic E-state index is 12.4. The van der Waals surface area contributed by atoms with Crippen LogP contribution >= 0.6 is 0 Å². The minimum atomic E-state index is -0.491. The Bertz CT molecular complexity index is 870. The molecule has 1 unspecified atom stereocenters. The second kappa shape index (κ2) is 9.80. The fourth-order valence-electron chi connectivity index (χ4n) is 3.88. The average Bonchev–Trinajstić information content (AvgIpc) is 3.17. The van der Waals surface area contributed by atoms with Crippen LogP contribution < -0.4 is 4.90 Å². The van der Waals surface area contributed by atoms with Crippen molar-refractivity contribution >= 4 is 23.1 Å². The number of rotatable bonds is 7. The van der Waals surface area contributed by atoms with E-state index in [9.17, 15) is 4.79 Å². The first-order valence-electron chi connectivity index (χ1n) is 11.2. The van der Waals surface area contributed by atoms with Gasteiger partial charge in [0.1, 0.15) is 18.2 Å². The molecule has 1 aliphatic heterocycles. The fraction of sp³-hybridized carbons (Fsp3) is 0.727. The van der Waals surface area contributed by atoms with Gasteiger partial charge in [-0.05, 0) is 46.5 Å². The Balaban J connectivity index is 1.71. The molecule has 3 heterocycles. The summed E-state index contributed by atoms with van der Waals surface area (Å²) in [5.41, 5.74) is 1.09. The van der Waals surface area contributed by atoms with Crippen molar-refractivity contribution in [1.29, 1.82) is 0 Å². The van der Waals surface area contributed by atoms with Crippen LogP contribution in [0.2, 0.25) is 0 Å². The van der Waals surface area contributed by atoms with E-state index >= 15 is 0 Å². The predicted octanol–water partition coefficient (Wildman–Crippen LogP) is 4.00. The lowest BCUT2D eigenvalue weighted by Crippen LogP contribution is -2.47. The Kier molecular flexibility index (Phi) is 7.35. The number of hydrogen-bond acceptors (Lipinski definition) is 7. The van der Waals surface area contributed by atoms with Crippen LogP contribution in [0.15, 0.2) is 12.7 Å². The smallest absolute Gasteiger partial charge is 0.410 e. The summed E-state index contributed by atoms with van der Waals surface area (Å²) < 4.78 is 13.5. The number of aromatic nitrogens is 4. The quantitative estimate of drug-likeness (QED) is 0.654. The second-order valence-corrected chi connectivity index (χ2v) is 9.06. The number of hydrogen-bond donors (Lipinski definition) is 0. The highest BCUT2D eigenvalue weighted by molar-refractivity contribution is 5.83. The molecule has 0 aliphatic carbocycles. The largest absolute Gasteiger partial charge is 0.444 e. The van der Waals surface area contributed by atoms with E-state index in [1.54, 1.807) is 17.6 Å². The molecule has 2 aromatic rings. The highest BCUT2D eigenvalue weighted by Crippen LogP contribution is 2.28. The van der Waals surface area contributed by atoms with Crippen LogP contribution in [0.3, 0.4) is 0 Å². The van der Waals surface area contributed by atoms with Gasteiger partial charge in [0.15, 0.2) is 17.0 Å². The number of piperidine rings is 1. The number of anilines is 1. The van der Waals surface area contributed by atoms with E-state index in [1.165, 1.54) is 0 Å². The fourth-order valence-corrected chi connectivity index (χ4v) is 3.88. The lowest BCUT2D eigenvalue weighted by Gasteiger charge is -2.37. The first-order valence-corrected chi connectivity index (χ1v) is 11.2. The van der Waals surface area contributed by atoms with E-state index in [-0.39, 0.29) is 18.4 Å². The molecule has 1 atom stereocenters. The molecule has 0 N–H and O–H groups in total. The molecule has 0 spiro atoms. The van der Waals surface area contributed by atoms with E-state index in [0.717, 1.165) is 55.8 Å². The number of imidazole rings is 1. The summed E-state index contributed by atoms with van der Waals surface area (Å²) in [4.78, 5) is 30.0. The van der Waals surface area contributed by atoms with Crippen molar-refractivity contribution in [2.75, 3.05) is 31.6 Å². The zero-order valence-corrected chi connectivity index (χ0v) is 19.7. The first kappa shape index (κ1) is 23.2. The van der Waals surface area contributed by atoms with Crippen LogP contribution in [0.4, 0.5) is 10.6 Å². The molecular formula is C22H36N6O3. The minimum Gasteiger partial charge on any atom is -0.444 e. The summed E-state index contributed by atoms with van der Waals surface area (Å²) >= 11 is 0. The van der Waals surface area contributed by atoms with Gasteiger partial charge in [0.05, 0.1) is 6.33 Å². The summed E-state index contributed by atoms with van der Waals surface area (Å²) in [5, 5.41) is 0. The van der Waals surface area contributed by atoms with Gasteiger partial charge in [-0.25, -0.2) is 19.7 Å². The number of carbonyl (C=O) groups is 1. The summed E-state index contributed by atoms with van der Waals surface area (Å²) in [6.07, 6.45) is 6.55. The van der Waals surface area contributed by atoms with Gasteiger partial charge in [-0.2, -0.15) is 0 Å². The third kappa shape index (κ3) is 5.44. The van der Waals surface area contributed by atoms with Gasteiger partial charge < -0.3 is 19.3 Å². The van der Waals surface area contributed by atoms with Crippen LogP contribution in [0, 0.1) is 0 Å². The number of nitrogens with zero attached hydrogens (tertiary/aromatic N) is 6. The SMILES string of the molecule is CCCOC(CC)n1cnc2c(N3CCC(N(C)C(=O)OC(C)(C)C)CC3)ncnc21. The number of carbonyl (C=O) groups excluding carboxylic acids is 1. The molecule has 0 radical (unpaired) electrons. The van der Waals surface area contributed by atoms with E-state index < -0.39 is 5.60 Å². The summed E-state index contributed by atoms with van der Waals surface area (Å²) in [5.74, 6) is 0.840. The molecule has 3 rings (SSSR count). The molecule has 2 aromatic heterocycles. The Morgan fingerprint density at radius 1 is 1.23 bits per heavy atom. The summed E-state index contributed by atoms with van der Waals surface area (Å²) in [7, 11) is 1.82. The Labute approximate surface area is 184 Å². The van der Waals surface area contributed by atoms with E-state index in [4.69, 9.17) is 9.47 Å². The normalized spacial score (nSPS) is 16.5. The van der Waals surface area contributed by atoms with Crippen LogP contribution in [-0.2, 0) is 9.47 Å². The maximum absolute atomic E-state index is 12.4. The lowest BCUT2D eigenvalue weighted by atomic mass is 10.0. The molecule has 1 aliphatic rings. The molecule has 1 fully saturated rings. The van der Waals surface area contributed by atoms with Crippen molar-refractivity contribution < 1.29 is 14.3 Å². The predicted molar refractivity (Wildman–Crippen MR) is 120 cm³/mol. The molecule has 1 amide bonds. The average molecular weight is 433 g/mol. The van der Waals surface area contributed by atoms with Gasteiger partial charge in [-0.3, -0.25) is 4.57 Å². The monoisotopic (exact) mass is 432 g/mol. The van der Waals surface area contributed by atoms with E-state index in [0.29, 0.717) is 6.61 Å². The molecule has 31 heavy (non-hydrogen) atoms. The Morgan fingerprint density at radius 2 is 1.94 bits per heavy atom. The molecule has 9 nitrogen and oxygen atoms in total. The highest BCUT2D eigenvalue weighted by atomic mass is 16.6. The number of amides is 1. The topological polar surface area (TPSA) is 85.6 Å². The van der Waals surface area contributed by atoms with Crippen LogP contribution in [0.1, 0.15) is 66.5 Å². The van der Waals surface area contributed by atoms with Crippen molar-refractivity contribution in [1.82, 2.24) is 24.4 Å². The molecular weight excluding hydrogens is 396 g/mol. The van der Waals surface area contributed by atoms with Crippen molar-refractivity contribution in [3.05, 3.63) is 12.7 Å².